The van der Waals surface area contributed by atoms with Crippen LogP contribution in [0.15, 0.2) is 63.4 Å². The summed E-state index contributed by atoms with van der Waals surface area (Å²) in [5.41, 5.74) is 5.01. The van der Waals surface area contributed by atoms with Gasteiger partial charge in [0.1, 0.15) is 22.3 Å². The summed E-state index contributed by atoms with van der Waals surface area (Å²) in [6.45, 7) is 2.17. The molecule has 0 aliphatic rings. The van der Waals surface area contributed by atoms with Crippen molar-refractivity contribution < 1.29 is 8.83 Å². The highest BCUT2D eigenvalue weighted by Crippen LogP contribution is 2.36. The maximum atomic E-state index is 6.04. The Labute approximate surface area is 126 Å². The van der Waals surface area contributed by atoms with Gasteiger partial charge in [-0.2, -0.15) is 0 Å². The van der Waals surface area contributed by atoms with E-state index in [4.69, 9.17) is 8.83 Å². The van der Waals surface area contributed by atoms with Crippen LogP contribution in [-0.4, -0.2) is 0 Å². The van der Waals surface area contributed by atoms with Crippen LogP contribution in [0.25, 0.3) is 43.9 Å². The maximum absolute atomic E-state index is 6.04. The molecule has 0 saturated heterocycles. The molecule has 0 spiro atoms. The number of furan rings is 2. The van der Waals surface area contributed by atoms with Crippen molar-refractivity contribution in [3.63, 3.8) is 0 Å². The van der Waals surface area contributed by atoms with Crippen LogP contribution in [0.3, 0.4) is 0 Å². The van der Waals surface area contributed by atoms with Gasteiger partial charge in [0, 0.05) is 21.5 Å². The molecule has 2 heteroatoms. The molecule has 0 radical (unpaired) electrons. The van der Waals surface area contributed by atoms with Crippen LogP contribution < -0.4 is 0 Å². The van der Waals surface area contributed by atoms with E-state index in [9.17, 15) is 0 Å². The van der Waals surface area contributed by atoms with Crippen molar-refractivity contribution in [2.45, 2.75) is 13.3 Å². The summed E-state index contributed by atoms with van der Waals surface area (Å²) in [5, 5.41) is 4.53. The minimum absolute atomic E-state index is 0.915. The molecule has 5 rings (SSSR count). The van der Waals surface area contributed by atoms with E-state index in [-0.39, 0.29) is 0 Å². The average molecular weight is 286 g/mol. The first-order chi connectivity index (χ1) is 10.8. The van der Waals surface area contributed by atoms with Crippen LogP contribution in [0.2, 0.25) is 0 Å². The van der Waals surface area contributed by atoms with Crippen LogP contribution in [0, 0.1) is 0 Å². The zero-order valence-electron chi connectivity index (χ0n) is 12.2. The van der Waals surface area contributed by atoms with Crippen molar-refractivity contribution in [3.05, 3.63) is 60.2 Å². The average Bonchev–Trinajstić information content (AvgIpc) is 3.09. The Morgan fingerprint density at radius 2 is 1.27 bits per heavy atom. The van der Waals surface area contributed by atoms with Gasteiger partial charge in [0.2, 0.25) is 0 Å². The normalized spacial score (nSPS) is 12.0. The van der Waals surface area contributed by atoms with Gasteiger partial charge in [0.15, 0.2) is 0 Å². The maximum Gasteiger partial charge on any atom is 0.136 e. The number of fused-ring (bicyclic) bond motifs is 6. The van der Waals surface area contributed by atoms with Crippen molar-refractivity contribution in [1.82, 2.24) is 0 Å². The summed E-state index contributed by atoms with van der Waals surface area (Å²) < 4.78 is 12.0. The second kappa shape index (κ2) is 4.14. The van der Waals surface area contributed by atoms with E-state index in [1.54, 1.807) is 0 Å². The second-order valence-corrected chi connectivity index (χ2v) is 5.73. The van der Waals surface area contributed by atoms with Gasteiger partial charge < -0.3 is 8.83 Å². The van der Waals surface area contributed by atoms with Gasteiger partial charge in [-0.25, -0.2) is 0 Å². The standard InChI is InChI=1S/C20H14O2/c1-2-12-7-8-18-14(9-12)16-11-19-15(10-20(16)22-18)13-5-3-4-6-17(13)21-19/h3-11H,2H2,1H3. The van der Waals surface area contributed by atoms with Crippen molar-refractivity contribution in [3.8, 4) is 0 Å². The molecule has 0 atom stereocenters. The molecule has 0 aliphatic heterocycles. The smallest absolute Gasteiger partial charge is 0.136 e. The fraction of sp³-hybridized carbons (Fsp3) is 0.100. The molecule has 2 nitrogen and oxygen atoms in total. The van der Waals surface area contributed by atoms with E-state index in [1.807, 2.05) is 18.2 Å². The predicted molar refractivity (Wildman–Crippen MR) is 90.4 cm³/mol. The molecule has 0 bridgehead atoms. The zero-order valence-corrected chi connectivity index (χ0v) is 12.2. The lowest BCUT2D eigenvalue weighted by atomic mass is 10.1. The fourth-order valence-electron chi connectivity index (χ4n) is 3.26. The minimum atomic E-state index is 0.915. The quantitative estimate of drug-likeness (QED) is 0.375. The van der Waals surface area contributed by atoms with E-state index >= 15 is 0 Å². The summed E-state index contributed by atoms with van der Waals surface area (Å²) in [4.78, 5) is 0. The molecule has 106 valence electrons. The molecule has 0 N–H and O–H groups in total. The third kappa shape index (κ3) is 1.49. The molecule has 2 aromatic heterocycles. The molecule has 0 unspecified atom stereocenters. The van der Waals surface area contributed by atoms with Crippen LogP contribution in [0.4, 0.5) is 0 Å². The fourth-order valence-corrected chi connectivity index (χ4v) is 3.26. The highest BCUT2D eigenvalue weighted by molar-refractivity contribution is 6.14. The summed E-state index contributed by atoms with van der Waals surface area (Å²) in [6.07, 6.45) is 1.02. The predicted octanol–water partition coefficient (Wildman–Crippen LogP) is 6.05. The van der Waals surface area contributed by atoms with Crippen LogP contribution >= 0.6 is 0 Å². The van der Waals surface area contributed by atoms with Gasteiger partial charge in [-0.05, 0) is 42.3 Å². The molecule has 0 aliphatic carbocycles. The molecule has 22 heavy (non-hydrogen) atoms. The molecule has 3 aromatic carbocycles. The van der Waals surface area contributed by atoms with Gasteiger partial charge in [-0.15, -0.1) is 0 Å². The van der Waals surface area contributed by atoms with Gasteiger partial charge in [-0.1, -0.05) is 31.2 Å². The van der Waals surface area contributed by atoms with E-state index in [0.717, 1.165) is 50.3 Å². The van der Waals surface area contributed by atoms with Crippen LogP contribution in [0.5, 0.6) is 0 Å². The number of para-hydroxylation sites is 1. The number of benzene rings is 3. The Balaban J connectivity index is 1.96. The van der Waals surface area contributed by atoms with Crippen molar-refractivity contribution in [2.75, 3.05) is 0 Å². The summed E-state index contributed by atoms with van der Waals surface area (Å²) in [6, 6.07) is 18.7. The van der Waals surface area contributed by atoms with Crippen LogP contribution in [-0.2, 0) is 6.42 Å². The van der Waals surface area contributed by atoms with E-state index in [2.05, 4.69) is 43.3 Å². The van der Waals surface area contributed by atoms with E-state index in [1.165, 1.54) is 5.56 Å². The van der Waals surface area contributed by atoms with E-state index in [0.29, 0.717) is 0 Å². The Morgan fingerprint density at radius 1 is 0.636 bits per heavy atom. The first-order valence-electron chi connectivity index (χ1n) is 7.60. The lowest BCUT2D eigenvalue weighted by Gasteiger charge is -1.95. The molecule has 0 amide bonds. The van der Waals surface area contributed by atoms with Gasteiger partial charge in [0.25, 0.3) is 0 Å². The lowest BCUT2D eigenvalue weighted by molar-refractivity contribution is 0.664. The first-order valence-corrected chi connectivity index (χ1v) is 7.60. The Hall–Kier alpha value is -2.74. The lowest BCUT2D eigenvalue weighted by Crippen LogP contribution is -1.77. The molecule has 5 aromatic rings. The van der Waals surface area contributed by atoms with Crippen molar-refractivity contribution >= 4 is 43.9 Å². The van der Waals surface area contributed by atoms with Gasteiger partial charge in [0.05, 0.1) is 0 Å². The number of aryl methyl sites for hydroxylation is 1. The Kier molecular flexibility index (Phi) is 2.23. The second-order valence-electron chi connectivity index (χ2n) is 5.73. The van der Waals surface area contributed by atoms with Crippen molar-refractivity contribution in [1.29, 1.82) is 0 Å². The molecule has 0 fully saturated rings. The zero-order chi connectivity index (χ0) is 14.7. The monoisotopic (exact) mass is 286 g/mol. The van der Waals surface area contributed by atoms with Gasteiger partial charge in [-0.3, -0.25) is 0 Å². The molecule has 2 heterocycles. The van der Waals surface area contributed by atoms with Crippen molar-refractivity contribution in [2.24, 2.45) is 0 Å². The number of hydrogen-bond donors (Lipinski definition) is 0. The Bertz CT molecular complexity index is 1160. The molecule has 0 saturated carbocycles. The SMILES string of the molecule is CCc1ccc2oc3cc4c(cc3c2c1)oc1ccccc14. The number of hydrogen-bond acceptors (Lipinski definition) is 2. The summed E-state index contributed by atoms with van der Waals surface area (Å²) in [5.74, 6) is 0. The Morgan fingerprint density at radius 3 is 2.05 bits per heavy atom. The van der Waals surface area contributed by atoms with Gasteiger partial charge >= 0.3 is 0 Å². The highest BCUT2D eigenvalue weighted by atomic mass is 16.3. The topological polar surface area (TPSA) is 26.3 Å². The van der Waals surface area contributed by atoms with Crippen LogP contribution in [0.1, 0.15) is 12.5 Å². The first kappa shape index (κ1) is 11.9. The van der Waals surface area contributed by atoms with E-state index < -0.39 is 0 Å². The third-order valence-corrected chi connectivity index (χ3v) is 4.44. The minimum Gasteiger partial charge on any atom is -0.456 e. The summed E-state index contributed by atoms with van der Waals surface area (Å²) >= 11 is 0. The summed E-state index contributed by atoms with van der Waals surface area (Å²) in [7, 11) is 0. The highest BCUT2D eigenvalue weighted by Gasteiger charge is 2.13. The molecular weight excluding hydrogens is 272 g/mol. The molecular formula is C20H14O2. The number of rotatable bonds is 1. The largest absolute Gasteiger partial charge is 0.456 e. The third-order valence-electron chi connectivity index (χ3n) is 4.44.